The van der Waals surface area contributed by atoms with Gasteiger partial charge in [0.1, 0.15) is 5.69 Å². The van der Waals surface area contributed by atoms with Gasteiger partial charge < -0.3 is 10.6 Å². The maximum atomic E-state index is 12.4. The summed E-state index contributed by atoms with van der Waals surface area (Å²) in [6.07, 6.45) is 1.46. The summed E-state index contributed by atoms with van der Waals surface area (Å²) in [5, 5.41) is 5.61. The summed E-state index contributed by atoms with van der Waals surface area (Å²) in [5.41, 5.74) is 3.51. The molecule has 2 amide bonds. The van der Waals surface area contributed by atoms with E-state index in [1.165, 1.54) is 12.3 Å². The fourth-order valence-electron chi connectivity index (χ4n) is 2.28. The summed E-state index contributed by atoms with van der Waals surface area (Å²) in [4.78, 5) is 28.4. The summed E-state index contributed by atoms with van der Waals surface area (Å²) in [6, 6.07) is 8.94. The molecule has 2 aromatic rings. The van der Waals surface area contributed by atoms with Crippen molar-refractivity contribution < 1.29 is 9.59 Å². The van der Waals surface area contributed by atoms with E-state index in [0.29, 0.717) is 5.56 Å². The van der Waals surface area contributed by atoms with Crippen LogP contribution in [0.2, 0.25) is 0 Å². The van der Waals surface area contributed by atoms with E-state index in [1.54, 1.807) is 6.07 Å². The molecule has 23 heavy (non-hydrogen) atoms. The average Bonchev–Trinajstić information content (AvgIpc) is 2.45. The highest BCUT2D eigenvalue weighted by atomic mass is 16.2. The molecule has 1 aromatic carbocycles. The Balaban J connectivity index is 2.18. The van der Waals surface area contributed by atoms with Gasteiger partial charge in [-0.2, -0.15) is 0 Å². The number of carbonyl (C=O) groups is 2. The van der Waals surface area contributed by atoms with Crippen LogP contribution in [0.25, 0.3) is 0 Å². The standard InChI is InChI=1S/C18H21N3O2/c1-11(2)20-18(23)16-10-14(5-6-19-16)17(22)21-15-8-12(3)7-13(4)9-15/h5-11H,1-4H3,(H,20,23)(H,21,22). The second-order valence-electron chi connectivity index (χ2n) is 5.89. The van der Waals surface area contributed by atoms with E-state index in [2.05, 4.69) is 15.6 Å². The summed E-state index contributed by atoms with van der Waals surface area (Å²) >= 11 is 0. The monoisotopic (exact) mass is 311 g/mol. The molecule has 0 bridgehead atoms. The van der Waals surface area contributed by atoms with E-state index in [0.717, 1.165) is 16.8 Å². The number of benzene rings is 1. The molecule has 0 radical (unpaired) electrons. The van der Waals surface area contributed by atoms with Gasteiger partial charge in [-0.05, 0) is 63.1 Å². The zero-order valence-corrected chi connectivity index (χ0v) is 13.8. The number of hydrogen-bond donors (Lipinski definition) is 2. The van der Waals surface area contributed by atoms with Gasteiger partial charge in [0.15, 0.2) is 0 Å². The molecule has 0 saturated carbocycles. The summed E-state index contributed by atoms with van der Waals surface area (Å²) in [7, 11) is 0. The topological polar surface area (TPSA) is 71.1 Å². The number of aryl methyl sites for hydroxylation is 2. The first-order valence-electron chi connectivity index (χ1n) is 7.51. The predicted octanol–water partition coefficient (Wildman–Crippen LogP) is 3.09. The molecule has 0 atom stereocenters. The molecule has 0 unspecified atom stereocenters. The summed E-state index contributed by atoms with van der Waals surface area (Å²) in [6.45, 7) is 7.69. The predicted molar refractivity (Wildman–Crippen MR) is 90.7 cm³/mol. The van der Waals surface area contributed by atoms with E-state index >= 15 is 0 Å². The summed E-state index contributed by atoms with van der Waals surface area (Å²) in [5.74, 6) is -0.558. The van der Waals surface area contributed by atoms with Crippen molar-refractivity contribution in [1.29, 1.82) is 0 Å². The smallest absolute Gasteiger partial charge is 0.270 e. The lowest BCUT2D eigenvalue weighted by atomic mass is 10.1. The van der Waals surface area contributed by atoms with Crippen molar-refractivity contribution in [3.8, 4) is 0 Å². The molecule has 0 spiro atoms. The van der Waals surface area contributed by atoms with Gasteiger partial charge in [0, 0.05) is 23.5 Å². The van der Waals surface area contributed by atoms with Gasteiger partial charge in [-0.15, -0.1) is 0 Å². The molecule has 1 heterocycles. The molecule has 0 aliphatic heterocycles. The Morgan fingerprint density at radius 2 is 1.65 bits per heavy atom. The van der Waals surface area contributed by atoms with E-state index < -0.39 is 0 Å². The van der Waals surface area contributed by atoms with Gasteiger partial charge in [-0.25, -0.2) is 0 Å². The van der Waals surface area contributed by atoms with Gasteiger partial charge in [0.05, 0.1) is 0 Å². The van der Waals surface area contributed by atoms with Gasteiger partial charge in [-0.3, -0.25) is 14.6 Å². The zero-order chi connectivity index (χ0) is 17.0. The van der Waals surface area contributed by atoms with Crippen molar-refractivity contribution in [3.63, 3.8) is 0 Å². The largest absolute Gasteiger partial charge is 0.349 e. The molecule has 2 N–H and O–H groups in total. The van der Waals surface area contributed by atoms with Crippen LogP contribution in [0, 0.1) is 13.8 Å². The van der Waals surface area contributed by atoms with Crippen molar-refractivity contribution >= 4 is 17.5 Å². The first kappa shape index (κ1) is 16.7. The first-order valence-corrected chi connectivity index (χ1v) is 7.51. The zero-order valence-electron chi connectivity index (χ0n) is 13.8. The molecule has 5 nitrogen and oxygen atoms in total. The lowest BCUT2D eigenvalue weighted by Crippen LogP contribution is -2.31. The van der Waals surface area contributed by atoms with Crippen LogP contribution in [0.4, 0.5) is 5.69 Å². The number of nitrogens with zero attached hydrogens (tertiary/aromatic N) is 1. The lowest BCUT2D eigenvalue weighted by Gasteiger charge is -2.10. The SMILES string of the molecule is Cc1cc(C)cc(NC(=O)c2ccnc(C(=O)NC(C)C)c2)c1. The minimum atomic E-state index is -0.291. The number of hydrogen-bond acceptors (Lipinski definition) is 3. The second-order valence-corrected chi connectivity index (χ2v) is 5.89. The Kier molecular flexibility index (Phi) is 5.11. The molecule has 0 aliphatic carbocycles. The van der Waals surface area contributed by atoms with Crippen LogP contribution < -0.4 is 10.6 Å². The van der Waals surface area contributed by atoms with Crippen LogP contribution >= 0.6 is 0 Å². The molecule has 2 rings (SSSR count). The number of rotatable bonds is 4. The van der Waals surface area contributed by atoms with Crippen LogP contribution in [0.1, 0.15) is 45.8 Å². The number of pyridine rings is 1. The molecular formula is C18H21N3O2. The van der Waals surface area contributed by atoms with Crippen molar-refractivity contribution in [2.24, 2.45) is 0 Å². The maximum absolute atomic E-state index is 12.4. The van der Waals surface area contributed by atoms with Gasteiger partial charge in [0.25, 0.3) is 11.8 Å². The van der Waals surface area contributed by atoms with Crippen LogP contribution in [0.3, 0.4) is 0 Å². The molecule has 1 aromatic heterocycles. The number of amides is 2. The van der Waals surface area contributed by atoms with Crippen LogP contribution in [0.15, 0.2) is 36.5 Å². The third-order valence-corrected chi connectivity index (χ3v) is 3.15. The van der Waals surface area contributed by atoms with Crippen molar-refractivity contribution in [1.82, 2.24) is 10.3 Å². The number of aromatic nitrogens is 1. The molecule has 0 fully saturated rings. The number of nitrogens with one attached hydrogen (secondary N) is 2. The normalized spacial score (nSPS) is 10.5. The van der Waals surface area contributed by atoms with Crippen molar-refractivity contribution in [2.45, 2.75) is 33.7 Å². The van der Waals surface area contributed by atoms with Gasteiger partial charge in [-0.1, -0.05) is 6.07 Å². The number of carbonyl (C=O) groups excluding carboxylic acids is 2. The fourth-order valence-corrected chi connectivity index (χ4v) is 2.28. The highest BCUT2D eigenvalue weighted by molar-refractivity contribution is 6.05. The third kappa shape index (κ3) is 4.64. The molecule has 0 aliphatic rings. The Morgan fingerprint density at radius 3 is 2.26 bits per heavy atom. The van der Waals surface area contributed by atoms with Crippen LogP contribution in [-0.2, 0) is 0 Å². The third-order valence-electron chi connectivity index (χ3n) is 3.15. The highest BCUT2D eigenvalue weighted by Gasteiger charge is 2.13. The average molecular weight is 311 g/mol. The van der Waals surface area contributed by atoms with E-state index in [-0.39, 0.29) is 23.6 Å². The quantitative estimate of drug-likeness (QED) is 0.911. The Hall–Kier alpha value is -2.69. The van der Waals surface area contributed by atoms with Gasteiger partial charge in [0.2, 0.25) is 0 Å². The van der Waals surface area contributed by atoms with Crippen LogP contribution in [-0.4, -0.2) is 22.8 Å². The lowest BCUT2D eigenvalue weighted by molar-refractivity contribution is 0.0938. The fraction of sp³-hybridized carbons (Fsp3) is 0.278. The van der Waals surface area contributed by atoms with E-state index in [4.69, 9.17) is 0 Å². The van der Waals surface area contributed by atoms with Gasteiger partial charge >= 0.3 is 0 Å². The van der Waals surface area contributed by atoms with E-state index in [9.17, 15) is 9.59 Å². The highest BCUT2D eigenvalue weighted by Crippen LogP contribution is 2.15. The van der Waals surface area contributed by atoms with Crippen LogP contribution in [0.5, 0.6) is 0 Å². The van der Waals surface area contributed by atoms with E-state index in [1.807, 2.05) is 45.9 Å². The Bertz CT molecular complexity index is 719. The Labute approximate surface area is 136 Å². The molecule has 120 valence electrons. The summed E-state index contributed by atoms with van der Waals surface area (Å²) < 4.78 is 0. The molecule has 0 saturated heterocycles. The Morgan fingerprint density at radius 1 is 1.00 bits per heavy atom. The maximum Gasteiger partial charge on any atom is 0.270 e. The second kappa shape index (κ2) is 7.05. The first-order chi connectivity index (χ1) is 10.8. The number of anilines is 1. The minimum Gasteiger partial charge on any atom is -0.349 e. The van der Waals surface area contributed by atoms with Crippen molar-refractivity contribution in [2.75, 3.05) is 5.32 Å². The molecular weight excluding hydrogens is 290 g/mol. The molecule has 5 heteroatoms. The van der Waals surface area contributed by atoms with Crippen molar-refractivity contribution in [3.05, 3.63) is 58.9 Å². The minimum absolute atomic E-state index is 0.0112.